The lowest BCUT2D eigenvalue weighted by Gasteiger charge is -2.07. The minimum absolute atomic E-state index is 0.0706. The molecule has 0 fully saturated rings. The van der Waals surface area contributed by atoms with Crippen molar-refractivity contribution < 1.29 is 8.78 Å². The summed E-state index contributed by atoms with van der Waals surface area (Å²) >= 11 is 0. The molecule has 0 aliphatic rings. The summed E-state index contributed by atoms with van der Waals surface area (Å²) in [7, 11) is 0. The van der Waals surface area contributed by atoms with Crippen molar-refractivity contribution in [3.8, 4) is 0 Å². The van der Waals surface area contributed by atoms with Crippen molar-refractivity contribution in [2.75, 3.05) is 5.43 Å². The molecule has 1 aromatic carbocycles. The van der Waals surface area contributed by atoms with Crippen molar-refractivity contribution in [2.24, 2.45) is 5.84 Å². The molecular weight excluding hydrogens is 214 g/mol. The molecule has 1 aromatic heterocycles. The monoisotopic (exact) mass is 224 g/mol. The van der Waals surface area contributed by atoms with Gasteiger partial charge in [0, 0.05) is 17.9 Å². The highest BCUT2D eigenvalue weighted by molar-refractivity contribution is 5.89. The molecule has 2 rings (SSSR count). The van der Waals surface area contributed by atoms with Crippen molar-refractivity contribution in [3.05, 3.63) is 29.6 Å². The average molecular weight is 224 g/mol. The van der Waals surface area contributed by atoms with Gasteiger partial charge in [-0.15, -0.1) is 0 Å². The molecule has 0 unspecified atom stereocenters. The summed E-state index contributed by atoms with van der Waals surface area (Å²) in [4.78, 5) is 8.03. The van der Waals surface area contributed by atoms with Crippen LogP contribution in [-0.2, 0) is 6.42 Å². The summed E-state index contributed by atoms with van der Waals surface area (Å²) in [6.07, 6.45) is 0.543. The van der Waals surface area contributed by atoms with Crippen molar-refractivity contribution in [3.63, 3.8) is 0 Å². The maximum absolute atomic E-state index is 13.5. The Morgan fingerprint density at radius 1 is 1.31 bits per heavy atom. The lowest BCUT2D eigenvalue weighted by Crippen LogP contribution is -2.11. The minimum Gasteiger partial charge on any atom is -0.308 e. The van der Waals surface area contributed by atoms with Gasteiger partial charge in [-0.25, -0.2) is 24.6 Å². The predicted octanol–water partition coefficient (Wildman–Crippen LogP) is 1.76. The molecule has 0 aliphatic heterocycles. The second kappa shape index (κ2) is 3.97. The zero-order valence-corrected chi connectivity index (χ0v) is 8.59. The molecule has 0 radical (unpaired) electrons. The Balaban J connectivity index is 2.83. The molecule has 0 aliphatic carbocycles. The summed E-state index contributed by atoms with van der Waals surface area (Å²) in [5, 5.41) is 0.234. The molecule has 6 heteroatoms. The third kappa shape index (κ3) is 1.67. The lowest BCUT2D eigenvalue weighted by atomic mass is 10.2. The smallest absolute Gasteiger partial charge is 0.152 e. The molecular formula is C10H10F2N4. The SMILES string of the molecule is CCc1nc(NN)c2cc(F)cc(F)c2n1. The highest BCUT2D eigenvalue weighted by Crippen LogP contribution is 2.23. The van der Waals surface area contributed by atoms with Gasteiger partial charge in [-0.05, 0) is 6.07 Å². The molecule has 4 nitrogen and oxygen atoms in total. The zero-order valence-electron chi connectivity index (χ0n) is 8.59. The van der Waals surface area contributed by atoms with Gasteiger partial charge >= 0.3 is 0 Å². The Hall–Kier alpha value is -1.82. The van der Waals surface area contributed by atoms with E-state index in [-0.39, 0.29) is 16.7 Å². The third-order valence-corrected chi connectivity index (χ3v) is 2.22. The van der Waals surface area contributed by atoms with E-state index >= 15 is 0 Å². The molecule has 0 atom stereocenters. The van der Waals surface area contributed by atoms with Gasteiger partial charge in [0.2, 0.25) is 0 Å². The quantitative estimate of drug-likeness (QED) is 0.602. The van der Waals surface area contributed by atoms with Crippen molar-refractivity contribution in [1.82, 2.24) is 9.97 Å². The summed E-state index contributed by atoms with van der Waals surface area (Å²) in [6.45, 7) is 1.84. The number of nitrogens with one attached hydrogen (secondary N) is 1. The minimum atomic E-state index is -0.719. The number of anilines is 1. The van der Waals surface area contributed by atoms with Gasteiger partial charge < -0.3 is 5.43 Å². The summed E-state index contributed by atoms with van der Waals surface area (Å²) in [5.74, 6) is 4.52. The van der Waals surface area contributed by atoms with E-state index in [1.165, 1.54) is 0 Å². The van der Waals surface area contributed by atoms with E-state index in [0.29, 0.717) is 12.2 Å². The number of benzene rings is 1. The lowest BCUT2D eigenvalue weighted by molar-refractivity contribution is 0.590. The number of halogens is 2. The Morgan fingerprint density at radius 3 is 2.69 bits per heavy atom. The number of fused-ring (bicyclic) bond motifs is 1. The fraction of sp³-hybridized carbons (Fsp3) is 0.200. The molecule has 16 heavy (non-hydrogen) atoms. The first-order valence-corrected chi connectivity index (χ1v) is 4.78. The molecule has 0 saturated carbocycles. The van der Waals surface area contributed by atoms with E-state index < -0.39 is 11.6 Å². The first-order valence-electron chi connectivity index (χ1n) is 4.78. The van der Waals surface area contributed by atoms with E-state index in [4.69, 9.17) is 5.84 Å². The van der Waals surface area contributed by atoms with Crippen molar-refractivity contribution in [1.29, 1.82) is 0 Å². The van der Waals surface area contributed by atoms with Crippen LogP contribution >= 0.6 is 0 Å². The van der Waals surface area contributed by atoms with Crippen LogP contribution in [0.3, 0.4) is 0 Å². The van der Waals surface area contributed by atoms with Gasteiger partial charge in [0.25, 0.3) is 0 Å². The number of aromatic nitrogens is 2. The van der Waals surface area contributed by atoms with Crippen molar-refractivity contribution >= 4 is 16.7 Å². The fourth-order valence-electron chi connectivity index (χ4n) is 1.47. The molecule has 0 spiro atoms. The molecule has 84 valence electrons. The van der Waals surface area contributed by atoms with E-state index in [2.05, 4.69) is 15.4 Å². The van der Waals surface area contributed by atoms with Crippen LogP contribution in [0.2, 0.25) is 0 Å². The van der Waals surface area contributed by atoms with Gasteiger partial charge in [0.15, 0.2) is 11.6 Å². The Labute approximate surface area is 90.5 Å². The Kier molecular flexibility index (Phi) is 2.66. The van der Waals surface area contributed by atoms with E-state index in [9.17, 15) is 8.78 Å². The normalized spacial score (nSPS) is 10.8. The van der Waals surface area contributed by atoms with E-state index in [1.54, 1.807) is 0 Å². The highest BCUT2D eigenvalue weighted by atomic mass is 19.1. The summed E-state index contributed by atoms with van der Waals surface area (Å²) in [6, 6.07) is 1.93. The number of hydrogen-bond acceptors (Lipinski definition) is 4. The number of nitrogens with zero attached hydrogens (tertiary/aromatic N) is 2. The molecule has 0 saturated heterocycles. The molecule has 2 aromatic rings. The Morgan fingerprint density at radius 2 is 2.06 bits per heavy atom. The van der Waals surface area contributed by atoms with Crippen LogP contribution in [0.15, 0.2) is 12.1 Å². The molecule has 0 bridgehead atoms. The fourth-order valence-corrected chi connectivity index (χ4v) is 1.47. The number of aryl methyl sites for hydroxylation is 1. The van der Waals surface area contributed by atoms with Crippen LogP contribution < -0.4 is 11.3 Å². The summed E-state index contributed by atoms with van der Waals surface area (Å²) in [5.41, 5.74) is 2.39. The molecule has 0 amide bonds. The van der Waals surface area contributed by atoms with Crippen LogP contribution in [0.5, 0.6) is 0 Å². The number of rotatable bonds is 2. The van der Waals surface area contributed by atoms with Crippen molar-refractivity contribution in [2.45, 2.75) is 13.3 Å². The predicted molar refractivity (Wildman–Crippen MR) is 56.6 cm³/mol. The van der Waals surface area contributed by atoms with Crippen LogP contribution in [0.25, 0.3) is 10.9 Å². The first kappa shape index (κ1) is 10.7. The van der Waals surface area contributed by atoms with Gasteiger partial charge in [-0.3, -0.25) is 0 Å². The maximum atomic E-state index is 13.5. The highest BCUT2D eigenvalue weighted by Gasteiger charge is 2.11. The average Bonchev–Trinajstić information content (AvgIpc) is 2.28. The summed E-state index contributed by atoms with van der Waals surface area (Å²) < 4.78 is 26.5. The van der Waals surface area contributed by atoms with Crippen LogP contribution in [0, 0.1) is 11.6 Å². The maximum Gasteiger partial charge on any atom is 0.152 e. The largest absolute Gasteiger partial charge is 0.308 e. The first-order chi connectivity index (χ1) is 7.65. The Bertz CT molecular complexity index is 542. The standard InChI is InChI=1S/C10H10F2N4/c1-2-8-14-9-6(10(15-8)16-13)3-5(11)4-7(9)12/h3-4H,2,13H2,1H3,(H,14,15,16). The van der Waals surface area contributed by atoms with E-state index in [0.717, 1.165) is 12.1 Å². The number of nitrogens with two attached hydrogens (primary N) is 1. The van der Waals surface area contributed by atoms with Gasteiger partial charge in [0.1, 0.15) is 17.2 Å². The number of hydrazine groups is 1. The number of nitrogen functional groups attached to an aromatic ring is 1. The second-order valence-electron chi connectivity index (χ2n) is 3.27. The molecule has 3 N–H and O–H groups in total. The van der Waals surface area contributed by atoms with Crippen LogP contribution in [0.1, 0.15) is 12.7 Å². The van der Waals surface area contributed by atoms with Gasteiger partial charge in [0.05, 0.1) is 0 Å². The number of hydrogen-bond donors (Lipinski definition) is 2. The van der Waals surface area contributed by atoms with E-state index in [1.807, 2.05) is 6.92 Å². The zero-order chi connectivity index (χ0) is 11.7. The molecule has 1 heterocycles. The van der Waals surface area contributed by atoms with Crippen LogP contribution in [-0.4, -0.2) is 9.97 Å². The van der Waals surface area contributed by atoms with Gasteiger partial charge in [-0.1, -0.05) is 6.92 Å². The topological polar surface area (TPSA) is 63.8 Å². The third-order valence-electron chi connectivity index (χ3n) is 2.22. The van der Waals surface area contributed by atoms with Gasteiger partial charge in [-0.2, -0.15) is 0 Å². The second-order valence-corrected chi connectivity index (χ2v) is 3.27. The van der Waals surface area contributed by atoms with Crippen LogP contribution in [0.4, 0.5) is 14.6 Å².